The molecule has 5 nitrogen and oxygen atoms in total. The predicted octanol–water partition coefficient (Wildman–Crippen LogP) is 2.38. The van der Waals surface area contributed by atoms with Gasteiger partial charge in [0, 0.05) is 12.6 Å². The van der Waals surface area contributed by atoms with Crippen LogP contribution in [-0.2, 0) is 6.54 Å². The summed E-state index contributed by atoms with van der Waals surface area (Å²) in [5.74, 6) is 0. The number of benzene rings is 1. The van der Waals surface area contributed by atoms with Gasteiger partial charge in [-0.15, -0.1) is 16.4 Å². The maximum absolute atomic E-state index is 4.27. The molecule has 0 aliphatic carbocycles. The fraction of sp³-hybridized carbons (Fsp3) is 0.308. The zero-order valence-corrected chi connectivity index (χ0v) is 11.7. The molecule has 3 rings (SSSR count). The molecule has 0 spiro atoms. The minimum Gasteiger partial charge on any atom is -0.309 e. The maximum atomic E-state index is 4.27. The van der Waals surface area contributed by atoms with Crippen molar-refractivity contribution in [1.82, 2.24) is 25.3 Å². The van der Waals surface area contributed by atoms with Gasteiger partial charge < -0.3 is 5.32 Å². The topological polar surface area (TPSA) is 55.6 Å². The van der Waals surface area contributed by atoms with Crippen LogP contribution < -0.4 is 5.32 Å². The molecule has 0 atom stereocenters. The summed E-state index contributed by atoms with van der Waals surface area (Å²) in [6.07, 6.45) is 1.96. The monoisotopic (exact) mass is 273 g/mol. The van der Waals surface area contributed by atoms with Crippen molar-refractivity contribution in [3.63, 3.8) is 0 Å². The lowest BCUT2D eigenvalue weighted by atomic mass is 10.3. The van der Waals surface area contributed by atoms with Gasteiger partial charge in [0.1, 0.15) is 0 Å². The number of rotatable bonds is 4. The van der Waals surface area contributed by atoms with Crippen LogP contribution in [-0.4, -0.2) is 26.0 Å². The number of fused-ring (bicyclic) bond motifs is 1. The lowest BCUT2D eigenvalue weighted by Crippen LogP contribution is -2.21. The fourth-order valence-electron chi connectivity index (χ4n) is 1.80. The zero-order chi connectivity index (χ0) is 13.2. The van der Waals surface area contributed by atoms with Crippen LogP contribution in [0.4, 0.5) is 0 Å². The van der Waals surface area contributed by atoms with Crippen LogP contribution in [0.3, 0.4) is 0 Å². The molecular formula is C13H15N5S. The fourth-order valence-corrected chi connectivity index (χ4v) is 2.51. The largest absolute Gasteiger partial charge is 0.309 e. The van der Waals surface area contributed by atoms with Gasteiger partial charge in [0.25, 0.3) is 0 Å². The molecule has 0 fully saturated rings. The minimum absolute atomic E-state index is 0.443. The van der Waals surface area contributed by atoms with Crippen molar-refractivity contribution in [2.75, 3.05) is 0 Å². The molecule has 2 heterocycles. The molecule has 98 valence electrons. The zero-order valence-electron chi connectivity index (χ0n) is 10.9. The summed E-state index contributed by atoms with van der Waals surface area (Å²) in [7, 11) is 0. The average molecular weight is 273 g/mol. The second kappa shape index (κ2) is 5.07. The Hall–Kier alpha value is -1.79. The highest BCUT2D eigenvalue weighted by Gasteiger charge is 2.05. The molecule has 0 bridgehead atoms. The second-order valence-corrected chi connectivity index (χ2v) is 5.58. The van der Waals surface area contributed by atoms with Gasteiger partial charge in [0.05, 0.1) is 33.3 Å². The van der Waals surface area contributed by atoms with E-state index in [0.29, 0.717) is 6.04 Å². The third-order valence-electron chi connectivity index (χ3n) is 2.81. The van der Waals surface area contributed by atoms with Crippen LogP contribution in [0.2, 0.25) is 0 Å². The number of hydrogen-bond acceptors (Lipinski definition) is 5. The molecule has 19 heavy (non-hydrogen) atoms. The Morgan fingerprint density at radius 2 is 2.26 bits per heavy atom. The van der Waals surface area contributed by atoms with Crippen LogP contribution in [0.1, 0.15) is 19.5 Å². The first-order valence-corrected chi connectivity index (χ1v) is 7.08. The van der Waals surface area contributed by atoms with Gasteiger partial charge in [0.15, 0.2) is 0 Å². The molecule has 0 saturated carbocycles. The van der Waals surface area contributed by atoms with E-state index in [2.05, 4.69) is 40.5 Å². The van der Waals surface area contributed by atoms with Crippen molar-refractivity contribution in [2.24, 2.45) is 0 Å². The number of nitrogens with one attached hydrogen (secondary N) is 1. The van der Waals surface area contributed by atoms with Crippen molar-refractivity contribution in [3.8, 4) is 5.69 Å². The van der Waals surface area contributed by atoms with E-state index in [-0.39, 0.29) is 0 Å². The third-order valence-corrected chi connectivity index (χ3v) is 3.60. The first-order valence-electron chi connectivity index (χ1n) is 6.20. The summed E-state index contributed by atoms with van der Waals surface area (Å²) in [6.45, 7) is 4.96. The Labute approximate surface area is 115 Å². The number of aromatic nitrogens is 4. The second-order valence-electron chi connectivity index (χ2n) is 4.69. The first kappa shape index (κ1) is 12.3. The number of nitrogens with zero attached hydrogens (tertiary/aromatic N) is 4. The van der Waals surface area contributed by atoms with Gasteiger partial charge in [-0.25, -0.2) is 9.67 Å². The molecule has 0 unspecified atom stereocenters. The van der Waals surface area contributed by atoms with E-state index in [1.165, 1.54) is 0 Å². The van der Waals surface area contributed by atoms with Gasteiger partial charge >= 0.3 is 0 Å². The molecule has 0 aliphatic heterocycles. The Morgan fingerprint density at radius 1 is 1.37 bits per heavy atom. The van der Waals surface area contributed by atoms with Crippen LogP contribution in [0.15, 0.2) is 29.9 Å². The van der Waals surface area contributed by atoms with Crippen LogP contribution in [0.5, 0.6) is 0 Å². The standard InChI is InChI=1S/C13H15N5S/c1-9(2)14-6-10-7-18(17-16-10)11-3-4-12-13(5-11)19-8-15-12/h3-5,7-9,14H,6H2,1-2H3. The normalized spacial score (nSPS) is 11.5. The van der Waals surface area contributed by atoms with Crippen molar-refractivity contribution in [2.45, 2.75) is 26.4 Å². The molecule has 0 radical (unpaired) electrons. The van der Waals surface area contributed by atoms with E-state index in [1.54, 1.807) is 16.0 Å². The lowest BCUT2D eigenvalue weighted by molar-refractivity contribution is 0.580. The van der Waals surface area contributed by atoms with Gasteiger partial charge in [-0.3, -0.25) is 0 Å². The Balaban J connectivity index is 1.85. The maximum Gasteiger partial charge on any atom is 0.0969 e. The highest BCUT2D eigenvalue weighted by molar-refractivity contribution is 7.16. The van der Waals surface area contributed by atoms with Crippen LogP contribution in [0.25, 0.3) is 15.9 Å². The van der Waals surface area contributed by atoms with E-state index >= 15 is 0 Å². The smallest absolute Gasteiger partial charge is 0.0969 e. The number of hydrogen-bond donors (Lipinski definition) is 1. The summed E-state index contributed by atoms with van der Waals surface area (Å²) < 4.78 is 2.96. The summed E-state index contributed by atoms with van der Waals surface area (Å²) in [6, 6.07) is 6.55. The molecule has 3 aromatic rings. The van der Waals surface area contributed by atoms with Crippen LogP contribution >= 0.6 is 11.3 Å². The SMILES string of the molecule is CC(C)NCc1cn(-c2ccc3ncsc3c2)nn1. The van der Waals surface area contributed by atoms with Crippen molar-refractivity contribution in [3.05, 3.63) is 35.6 Å². The molecule has 6 heteroatoms. The lowest BCUT2D eigenvalue weighted by Gasteiger charge is -2.04. The van der Waals surface area contributed by atoms with E-state index in [0.717, 1.165) is 28.1 Å². The average Bonchev–Trinajstić information content (AvgIpc) is 3.04. The highest BCUT2D eigenvalue weighted by atomic mass is 32.1. The quantitative estimate of drug-likeness (QED) is 0.793. The minimum atomic E-state index is 0.443. The van der Waals surface area contributed by atoms with Crippen molar-refractivity contribution < 1.29 is 0 Å². The summed E-state index contributed by atoms with van der Waals surface area (Å²) in [5.41, 5.74) is 4.84. The highest BCUT2D eigenvalue weighted by Crippen LogP contribution is 2.20. The van der Waals surface area contributed by atoms with Gasteiger partial charge in [-0.2, -0.15) is 0 Å². The van der Waals surface area contributed by atoms with Gasteiger partial charge in [-0.1, -0.05) is 19.1 Å². The molecule has 1 N–H and O–H groups in total. The predicted molar refractivity (Wildman–Crippen MR) is 76.5 cm³/mol. The molecular weight excluding hydrogens is 258 g/mol. The van der Waals surface area contributed by atoms with E-state index in [4.69, 9.17) is 0 Å². The summed E-state index contributed by atoms with van der Waals surface area (Å²) in [4.78, 5) is 4.27. The molecule has 0 amide bonds. The van der Waals surface area contributed by atoms with E-state index in [9.17, 15) is 0 Å². The molecule has 1 aromatic carbocycles. The molecule has 0 saturated heterocycles. The third kappa shape index (κ3) is 2.64. The van der Waals surface area contributed by atoms with Crippen LogP contribution in [0, 0.1) is 0 Å². The van der Waals surface area contributed by atoms with Crippen molar-refractivity contribution in [1.29, 1.82) is 0 Å². The van der Waals surface area contributed by atoms with Gasteiger partial charge in [-0.05, 0) is 18.2 Å². The molecule has 2 aromatic heterocycles. The van der Waals surface area contributed by atoms with Gasteiger partial charge in [0.2, 0.25) is 0 Å². The number of thiazole rings is 1. The summed E-state index contributed by atoms with van der Waals surface area (Å²) in [5, 5.41) is 11.7. The van der Waals surface area contributed by atoms with Crippen molar-refractivity contribution >= 4 is 21.6 Å². The summed E-state index contributed by atoms with van der Waals surface area (Å²) >= 11 is 1.63. The van der Waals surface area contributed by atoms with E-state index < -0.39 is 0 Å². The Morgan fingerprint density at radius 3 is 3.11 bits per heavy atom. The Kier molecular flexibility index (Phi) is 3.27. The van der Waals surface area contributed by atoms with E-state index in [1.807, 2.05) is 23.8 Å². The Bertz CT molecular complexity index is 685. The first-order chi connectivity index (χ1) is 9.22. The molecule has 0 aliphatic rings.